The van der Waals surface area contributed by atoms with Crippen molar-refractivity contribution in [3.63, 3.8) is 0 Å². The highest BCUT2D eigenvalue weighted by Gasteiger charge is 2.09. The molecule has 0 aliphatic carbocycles. The molecule has 0 saturated carbocycles. The van der Waals surface area contributed by atoms with E-state index in [4.69, 9.17) is 20.8 Å². The summed E-state index contributed by atoms with van der Waals surface area (Å²) in [5.74, 6) is 0.331. The van der Waals surface area contributed by atoms with Gasteiger partial charge >= 0.3 is 5.63 Å². The maximum Gasteiger partial charge on any atom is 0.336 e. The van der Waals surface area contributed by atoms with E-state index in [0.717, 1.165) is 10.9 Å². The summed E-state index contributed by atoms with van der Waals surface area (Å²) in [5, 5.41) is 0.154. The molecule has 88 valence electrons. The van der Waals surface area contributed by atoms with Crippen LogP contribution in [-0.4, -0.2) is 11.8 Å². The van der Waals surface area contributed by atoms with Crippen LogP contribution in [0.1, 0.15) is 5.56 Å². The van der Waals surface area contributed by atoms with Gasteiger partial charge in [-0.15, -0.1) is 0 Å². The van der Waals surface area contributed by atoms with Gasteiger partial charge < -0.3 is 9.15 Å². The molecule has 17 heavy (non-hydrogen) atoms. The molecule has 1 heterocycles. The number of fused-ring (bicyclic) bond motifs is 1. The summed E-state index contributed by atoms with van der Waals surface area (Å²) in [6.07, 6.45) is 0. The van der Waals surface area contributed by atoms with Crippen molar-refractivity contribution >= 4 is 27.8 Å². The normalized spacial score (nSPS) is 10.5. The van der Waals surface area contributed by atoms with Gasteiger partial charge in [-0.1, -0.05) is 12.1 Å². The lowest BCUT2D eigenvalue weighted by Crippen LogP contribution is -2.06. The van der Waals surface area contributed by atoms with E-state index < -0.39 is 10.9 Å². The lowest BCUT2D eigenvalue weighted by atomic mass is 10.1. The summed E-state index contributed by atoms with van der Waals surface area (Å²) in [5.41, 5.74) is 0.664. The highest BCUT2D eigenvalue weighted by atomic mass is 35.5. The molecule has 0 atom stereocenters. The number of ether oxygens (including phenoxy) is 1. The van der Waals surface area contributed by atoms with E-state index in [1.807, 2.05) is 6.07 Å². The van der Waals surface area contributed by atoms with Gasteiger partial charge in [-0.05, 0) is 30.2 Å². The summed E-state index contributed by atoms with van der Waals surface area (Å²) in [6.45, 7) is 1.54. The molecule has 0 unspecified atom stereocenters. The molecule has 1 aromatic carbocycles. The monoisotopic (exact) mass is 252 g/mol. The number of carbonyl (C=O) groups excluding carboxylic acids is 1. The molecule has 0 N–H and O–H groups in total. The Kier molecular flexibility index (Phi) is 3.15. The molecule has 0 saturated heterocycles. The van der Waals surface area contributed by atoms with Crippen molar-refractivity contribution < 1.29 is 13.9 Å². The van der Waals surface area contributed by atoms with Crippen molar-refractivity contribution in [3.05, 3.63) is 40.2 Å². The smallest absolute Gasteiger partial charge is 0.336 e. The number of aryl methyl sites for hydroxylation is 1. The van der Waals surface area contributed by atoms with Gasteiger partial charge in [0, 0.05) is 11.5 Å². The van der Waals surface area contributed by atoms with Gasteiger partial charge in [-0.3, -0.25) is 4.79 Å². The topological polar surface area (TPSA) is 56.5 Å². The molecule has 0 fully saturated rings. The van der Waals surface area contributed by atoms with Gasteiger partial charge in [-0.2, -0.15) is 0 Å². The van der Waals surface area contributed by atoms with Crippen molar-refractivity contribution in [2.24, 2.45) is 0 Å². The number of halogens is 1. The number of benzene rings is 1. The number of hydrogen-bond donors (Lipinski definition) is 0. The second-order valence-electron chi connectivity index (χ2n) is 3.53. The van der Waals surface area contributed by atoms with Gasteiger partial charge in [0.25, 0.3) is 5.24 Å². The largest absolute Gasteiger partial charge is 0.481 e. The Morgan fingerprint density at radius 3 is 2.94 bits per heavy atom. The molecule has 0 amide bonds. The molecule has 2 rings (SSSR count). The highest BCUT2D eigenvalue weighted by Crippen LogP contribution is 2.26. The van der Waals surface area contributed by atoms with Crippen LogP contribution >= 0.6 is 11.6 Å². The summed E-state index contributed by atoms with van der Waals surface area (Å²) in [7, 11) is 0. The van der Waals surface area contributed by atoms with Gasteiger partial charge in [0.05, 0.1) is 0 Å². The lowest BCUT2D eigenvalue weighted by Gasteiger charge is -2.06. The van der Waals surface area contributed by atoms with Crippen molar-refractivity contribution in [3.8, 4) is 5.75 Å². The third-order valence-corrected chi connectivity index (χ3v) is 2.39. The number of carbonyl (C=O) groups is 1. The van der Waals surface area contributed by atoms with Crippen molar-refractivity contribution in [1.82, 2.24) is 0 Å². The van der Waals surface area contributed by atoms with E-state index in [-0.39, 0.29) is 6.61 Å². The van der Waals surface area contributed by atoms with E-state index in [0.29, 0.717) is 11.3 Å². The van der Waals surface area contributed by atoms with Crippen LogP contribution in [-0.2, 0) is 4.79 Å². The summed E-state index contributed by atoms with van der Waals surface area (Å²) < 4.78 is 10.2. The van der Waals surface area contributed by atoms with Gasteiger partial charge in [0.2, 0.25) is 0 Å². The zero-order chi connectivity index (χ0) is 12.4. The minimum Gasteiger partial charge on any atom is -0.481 e. The average Bonchev–Trinajstić information content (AvgIpc) is 2.26. The average molecular weight is 253 g/mol. The SMILES string of the molecule is Cc1cc(=O)oc2c(OCC(=O)Cl)cccc12. The van der Waals surface area contributed by atoms with Crippen LogP contribution in [0, 0.1) is 6.92 Å². The summed E-state index contributed by atoms with van der Waals surface area (Å²) >= 11 is 5.19. The van der Waals surface area contributed by atoms with Crippen LogP contribution in [0.25, 0.3) is 11.0 Å². The third-order valence-electron chi connectivity index (χ3n) is 2.28. The lowest BCUT2D eigenvalue weighted by molar-refractivity contribution is -0.113. The Morgan fingerprint density at radius 1 is 1.47 bits per heavy atom. The molecular formula is C12H9ClO4. The van der Waals surface area contributed by atoms with Crippen molar-refractivity contribution in [1.29, 1.82) is 0 Å². The molecule has 5 heteroatoms. The van der Waals surface area contributed by atoms with Gasteiger partial charge in [0.1, 0.15) is 0 Å². The van der Waals surface area contributed by atoms with Crippen molar-refractivity contribution in [2.75, 3.05) is 6.61 Å². The molecule has 4 nitrogen and oxygen atoms in total. The number of para-hydroxylation sites is 1. The predicted octanol–water partition coefficient (Wildman–Crippen LogP) is 2.25. The first kappa shape index (κ1) is 11.7. The fraction of sp³-hybridized carbons (Fsp3) is 0.167. The Labute approximate surface area is 102 Å². The Bertz CT molecular complexity index is 630. The van der Waals surface area contributed by atoms with E-state index in [1.165, 1.54) is 6.07 Å². The maximum atomic E-state index is 11.3. The summed E-state index contributed by atoms with van der Waals surface area (Å²) in [6, 6.07) is 6.58. The Morgan fingerprint density at radius 2 is 2.24 bits per heavy atom. The highest BCUT2D eigenvalue weighted by molar-refractivity contribution is 6.63. The molecule has 0 spiro atoms. The predicted molar refractivity (Wildman–Crippen MR) is 63.6 cm³/mol. The molecular weight excluding hydrogens is 244 g/mol. The van der Waals surface area contributed by atoms with E-state index in [2.05, 4.69) is 0 Å². The Balaban J connectivity index is 2.56. The van der Waals surface area contributed by atoms with Crippen LogP contribution in [0.2, 0.25) is 0 Å². The Hall–Kier alpha value is -1.81. The second-order valence-corrected chi connectivity index (χ2v) is 3.95. The fourth-order valence-corrected chi connectivity index (χ4v) is 1.62. The maximum absolute atomic E-state index is 11.3. The third kappa shape index (κ3) is 2.47. The van der Waals surface area contributed by atoms with E-state index >= 15 is 0 Å². The number of rotatable bonds is 3. The van der Waals surface area contributed by atoms with Crippen LogP contribution in [0.4, 0.5) is 0 Å². The standard InChI is InChI=1S/C12H9ClO4/c1-7-5-11(15)17-12-8(7)3-2-4-9(12)16-6-10(13)14/h2-5H,6H2,1H3. The molecule has 0 aliphatic heterocycles. The van der Waals surface area contributed by atoms with Crippen LogP contribution in [0.15, 0.2) is 33.5 Å². The minimum absolute atomic E-state index is 0.266. The van der Waals surface area contributed by atoms with Crippen LogP contribution < -0.4 is 10.4 Å². The fourth-order valence-electron chi connectivity index (χ4n) is 1.56. The van der Waals surface area contributed by atoms with Gasteiger partial charge in [-0.25, -0.2) is 4.79 Å². The molecule has 0 aliphatic rings. The second kappa shape index (κ2) is 4.59. The van der Waals surface area contributed by atoms with Gasteiger partial charge in [0.15, 0.2) is 17.9 Å². The minimum atomic E-state index is -0.614. The first-order valence-electron chi connectivity index (χ1n) is 4.92. The molecule has 0 radical (unpaired) electrons. The van der Waals surface area contributed by atoms with Crippen molar-refractivity contribution in [2.45, 2.75) is 6.92 Å². The zero-order valence-electron chi connectivity index (χ0n) is 9.03. The number of hydrogen-bond acceptors (Lipinski definition) is 4. The van der Waals surface area contributed by atoms with E-state index in [9.17, 15) is 9.59 Å². The summed E-state index contributed by atoms with van der Waals surface area (Å²) in [4.78, 5) is 21.9. The first-order valence-corrected chi connectivity index (χ1v) is 5.30. The van der Waals surface area contributed by atoms with Crippen LogP contribution in [0.5, 0.6) is 5.75 Å². The first-order chi connectivity index (χ1) is 8.08. The quantitative estimate of drug-likeness (QED) is 0.621. The molecule has 2 aromatic rings. The molecule has 0 bridgehead atoms. The van der Waals surface area contributed by atoms with Crippen LogP contribution in [0.3, 0.4) is 0 Å². The molecule has 1 aromatic heterocycles. The van der Waals surface area contributed by atoms with E-state index in [1.54, 1.807) is 19.1 Å². The zero-order valence-corrected chi connectivity index (χ0v) is 9.78.